The largest absolute Gasteiger partial charge is 0.310 e. The summed E-state index contributed by atoms with van der Waals surface area (Å²) >= 11 is 3.63. The fraction of sp³-hybridized carbons (Fsp3) is 0.467. The lowest BCUT2D eigenvalue weighted by Gasteiger charge is -2.20. The minimum absolute atomic E-state index is 0.419. The fourth-order valence-electron chi connectivity index (χ4n) is 1.83. The Kier molecular flexibility index (Phi) is 6.53. The standard InChI is InChI=1S/C15H22BrN/c1-4-11-17-15(10-9-12(2)3)13-7-5-6-8-14(13)16/h5-8,15,17H,2,4,9-11H2,1,3H3. The van der Waals surface area contributed by atoms with Crippen molar-refractivity contribution < 1.29 is 0 Å². The van der Waals surface area contributed by atoms with Crippen LogP contribution in [-0.4, -0.2) is 6.54 Å². The molecule has 0 aliphatic rings. The van der Waals surface area contributed by atoms with Gasteiger partial charge in [-0.2, -0.15) is 0 Å². The zero-order chi connectivity index (χ0) is 12.7. The molecule has 1 rings (SSSR count). The lowest BCUT2D eigenvalue weighted by atomic mass is 10.00. The number of benzene rings is 1. The Morgan fingerprint density at radius 2 is 2.12 bits per heavy atom. The molecule has 0 bridgehead atoms. The van der Waals surface area contributed by atoms with Gasteiger partial charge in [-0.25, -0.2) is 0 Å². The van der Waals surface area contributed by atoms with Crippen LogP contribution in [-0.2, 0) is 0 Å². The van der Waals surface area contributed by atoms with Gasteiger partial charge in [-0.1, -0.05) is 46.6 Å². The van der Waals surface area contributed by atoms with Crippen LogP contribution in [0.5, 0.6) is 0 Å². The molecule has 0 saturated carbocycles. The molecule has 0 aromatic heterocycles. The topological polar surface area (TPSA) is 12.0 Å². The van der Waals surface area contributed by atoms with Crippen molar-refractivity contribution >= 4 is 15.9 Å². The van der Waals surface area contributed by atoms with E-state index in [0.29, 0.717) is 6.04 Å². The van der Waals surface area contributed by atoms with Crippen LogP contribution in [0, 0.1) is 0 Å². The molecule has 0 aliphatic carbocycles. The van der Waals surface area contributed by atoms with Crippen molar-refractivity contribution in [2.75, 3.05) is 6.54 Å². The first kappa shape index (κ1) is 14.5. The Labute approximate surface area is 113 Å². The van der Waals surface area contributed by atoms with Crippen LogP contribution in [0.2, 0.25) is 0 Å². The zero-order valence-electron chi connectivity index (χ0n) is 10.8. The summed E-state index contributed by atoms with van der Waals surface area (Å²) in [5, 5.41) is 3.61. The first-order valence-corrected chi connectivity index (χ1v) is 7.06. The van der Waals surface area contributed by atoms with Gasteiger partial charge in [0.1, 0.15) is 0 Å². The average Bonchev–Trinajstić information content (AvgIpc) is 2.30. The minimum Gasteiger partial charge on any atom is -0.310 e. The van der Waals surface area contributed by atoms with E-state index in [1.165, 1.54) is 15.6 Å². The lowest BCUT2D eigenvalue weighted by molar-refractivity contribution is 0.497. The van der Waals surface area contributed by atoms with E-state index in [-0.39, 0.29) is 0 Å². The second-order valence-electron chi connectivity index (χ2n) is 4.52. The van der Waals surface area contributed by atoms with Gasteiger partial charge in [0.2, 0.25) is 0 Å². The van der Waals surface area contributed by atoms with Crippen LogP contribution in [0.25, 0.3) is 0 Å². The second kappa shape index (κ2) is 7.67. The Bertz CT molecular complexity index is 360. The van der Waals surface area contributed by atoms with Crippen LogP contribution in [0.15, 0.2) is 40.9 Å². The molecule has 1 aromatic carbocycles. The third-order valence-corrected chi connectivity index (χ3v) is 3.50. The molecular formula is C15H22BrN. The van der Waals surface area contributed by atoms with Gasteiger partial charge in [-0.15, -0.1) is 6.58 Å². The fourth-order valence-corrected chi connectivity index (χ4v) is 2.40. The van der Waals surface area contributed by atoms with Crippen LogP contribution in [0.3, 0.4) is 0 Å². The Morgan fingerprint density at radius 3 is 2.71 bits per heavy atom. The number of halogens is 1. The number of rotatable bonds is 7. The first-order valence-electron chi connectivity index (χ1n) is 6.27. The van der Waals surface area contributed by atoms with E-state index in [2.05, 4.69) is 65.9 Å². The summed E-state index contributed by atoms with van der Waals surface area (Å²) in [6.07, 6.45) is 3.34. The Morgan fingerprint density at radius 1 is 1.41 bits per heavy atom. The maximum Gasteiger partial charge on any atom is 0.0334 e. The summed E-state index contributed by atoms with van der Waals surface area (Å²) in [5.74, 6) is 0. The SMILES string of the molecule is C=C(C)CCC(NCCC)c1ccccc1Br. The van der Waals surface area contributed by atoms with Crippen molar-refractivity contribution in [3.8, 4) is 0 Å². The summed E-state index contributed by atoms with van der Waals surface area (Å²) in [5.41, 5.74) is 2.60. The molecule has 1 N–H and O–H groups in total. The van der Waals surface area contributed by atoms with E-state index < -0.39 is 0 Å². The highest BCUT2D eigenvalue weighted by Crippen LogP contribution is 2.27. The summed E-state index contributed by atoms with van der Waals surface area (Å²) in [4.78, 5) is 0. The number of nitrogens with one attached hydrogen (secondary N) is 1. The van der Waals surface area contributed by atoms with Gasteiger partial charge in [0.15, 0.2) is 0 Å². The monoisotopic (exact) mass is 295 g/mol. The summed E-state index contributed by atoms with van der Waals surface area (Å²) in [7, 11) is 0. The zero-order valence-corrected chi connectivity index (χ0v) is 12.4. The third kappa shape index (κ3) is 5.05. The quantitative estimate of drug-likeness (QED) is 0.709. The number of allylic oxidation sites excluding steroid dienone is 1. The average molecular weight is 296 g/mol. The first-order chi connectivity index (χ1) is 8.15. The molecule has 0 heterocycles. The molecule has 2 heteroatoms. The van der Waals surface area contributed by atoms with E-state index in [1.807, 2.05) is 0 Å². The summed E-state index contributed by atoms with van der Waals surface area (Å²) in [6, 6.07) is 8.87. The van der Waals surface area contributed by atoms with Crippen molar-refractivity contribution in [1.82, 2.24) is 5.32 Å². The van der Waals surface area contributed by atoms with Crippen LogP contribution in [0.1, 0.15) is 44.7 Å². The number of hydrogen-bond acceptors (Lipinski definition) is 1. The van der Waals surface area contributed by atoms with Gasteiger partial charge in [-0.3, -0.25) is 0 Å². The van der Waals surface area contributed by atoms with Gasteiger partial charge in [0.05, 0.1) is 0 Å². The van der Waals surface area contributed by atoms with Gasteiger partial charge in [0, 0.05) is 10.5 Å². The molecule has 17 heavy (non-hydrogen) atoms. The molecule has 0 radical (unpaired) electrons. The molecule has 1 unspecified atom stereocenters. The molecule has 1 nitrogen and oxygen atoms in total. The van der Waals surface area contributed by atoms with Crippen molar-refractivity contribution in [1.29, 1.82) is 0 Å². The van der Waals surface area contributed by atoms with E-state index in [4.69, 9.17) is 0 Å². The molecule has 1 aromatic rings. The maximum atomic E-state index is 3.98. The molecular weight excluding hydrogens is 274 g/mol. The highest BCUT2D eigenvalue weighted by atomic mass is 79.9. The molecule has 0 fully saturated rings. The maximum absolute atomic E-state index is 3.98. The predicted molar refractivity (Wildman–Crippen MR) is 79.2 cm³/mol. The van der Waals surface area contributed by atoms with Crippen LogP contribution in [0.4, 0.5) is 0 Å². The van der Waals surface area contributed by atoms with E-state index in [1.54, 1.807) is 0 Å². The number of hydrogen-bond donors (Lipinski definition) is 1. The lowest BCUT2D eigenvalue weighted by Crippen LogP contribution is -2.22. The predicted octanol–water partition coefficient (Wildman–Crippen LogP) is 4.85. The summed E-state index contributed by atoms with van der Waals surface area (Å²) < 4.78 is 1.19. The van der Waals surface area contributed by atoms with Gasteiger partial charge in [-0.05, 0) is 44.4 Å². The molecule has 94 valence electrons. The Balaban J connectivity index is 2.74. The van der Waals surface area contributed by atoms with Gasteiger partial charge >= 0.3 is 0 Å². The highest BCUT2D eigenvalue weighted by Gasteiger charge is 2.12. The van der Waals surface area contributed by atoms with Gasteiger partial charge < -0.3 is 5.32 Å². The van der Waals surface area contributed by atoms with Gasteiger partial charge in [0.25, 0.3) is 0 Å². The van der Waals surface area contributed by atoms with E-state index >= 15 is 0 Å². The summed E-state index contributed by atoms with van der Waals surface area (Å²) in [6.45, 7) is 9.33. The second-order valence-corrected chi connectivity index (χ2v) is 5.38. The molecule has 0 aliphatic heterocycles. The van der Waals surface area contributed by atoms with Crippen LogP contribution >= 0.6 is 15.9 Å². The normalized spacial score (nSPS) is 12.4. The third-order valence-electron chi connectivity index (χ3n) is 2.78. The minimum atomic E-state index is 0.419. The van der Waals surface area contributed by atoms with E-state index in [0.717, 1.165) is 25.8 Å². The highest BCUT2D eigenvalue weighted by molar-refractivity contribution is 9.10. The molecule has 0 amide bonds. The van der Waals surface area contributed by atoms with Crippen molar-refractivity contribution in [2.45, 2.75) is 39.2 Å². The molecule has 0 saturated heterocycles. The van der Waals surface area contributed by atoms with E-state index in [9.17, 15) is 0 Å². The molecule has 1 atom stereocenters. The smallest absolute Gasteiger partial charge is 0.0334 e. The van der Waals surface area contributed by atoms with Crippen LogP contribution < -0.4 is 5.32 Å². The molecule has 0 spiro atoms. The van der Waals surface area contributed by atoms with Crippen molar-refractivity contribution in [3.63, 3.8) is 0 Å². The Hall–Kier alpha value is -0.600. The van der Waals surface area contributed by atoms with Crippen molar-refractivity contribution in [3.05, 3.63) is 46.5 Å². The van der Waals surface area contributed by atoms with Crippen molar-refractivity contribution in [2.24, 2.45) is 0 Å².